The second-order valence-electron chi connectivity index (χ2n) is 4.62. The lowest BCUT2D eigenvalue weighted by Gasteiger charge is -2.08. The number of amides is 1. The second kappa shape index (κ2) is 5.66. The Morgan fingerprint density at radius 2 is 2.10 bits per heavy atom. The topological polar surface area (TPSA) is 144 Å². The van der Waals surface area contributed by atoms with Crippen molar-refractivity contribution in [2.45, 2.75) is 23.8 Å². The van der Waals surface area contributed by atoms with Gasteiger partial charge in [0.2, 0.25) is 15.9 Å². The number of nitro groups is 1. The quantitative estimate of drug-likeness (QED) is 0.374. The van der Waals surface area contributed by atoms with Crippen molar-refractivity contribution in [1.82, 2.24) is 10.0 Å². The number of hydrogen-bond donors (Lipinski definition) is 3. The first-order valence-corrected chi connectivity index (χ1v) is 7.61. The maximum atomic E-state index is 12.1. The molecule has 0 spiro atoms. The van der Waals surface area contributed by atoms with E-state index in [2.05, 4.69) is 5.32 Å². The summed E-state index contributed by atoms with van der Waals surface area (Å²) in [5, 5.41) is 13.5. The molecular weight excluding hydrogens is 300 g/mol. The summed E-state index contributed by atoms with van der Waals surface area (Å²) in [6, 6.07) is 3.69. The second-order valence-corrected chi connectivity index (χ2v) is 6.35. The van der Waals surface area contributed by atoms with Crippen LogP contribution < -0.4 is 15.8 Å². The lowest BCUT2D eigenvalue weighted by Crippen LogP contribution is -2.38. The molecule has 0 aromatic heterocycles. The highest BCUT2D eigenvalue weighted by Gasteiger charge is 2.29. The first-order chi connectivity index (χ1) is 9.81. The van der Waals surface area contributed by atoms with Crippen molar-refractivity contribution in [3.05, 3.63) is 28.3 Å². The van der Waals surface area contributed by atoms with Crippen molar-refractivity contribution >= 4 is 27.3 Å². The number of carbonyl (C=O) groups is 1. The zero-order valence-electron chi connectivity index (χ0n) is 10.9. The van der Waals surface area contributed by atoms with E-state index >= 15 is 0 Å². The molecule has 0 heterocycles. The maximum Gasteiger partial charge on any atom is 0.312 e. The third-order valence-electron chi connectivity index (χ3n) is 2.87. The number of rotatable bonds is 6. The predicted molar refractivity (Wildman–Crippen MR) is 73.9 cm³/mol. The van der Waals surface area contributed by atoms with Crippen molar-refractivity contribution in [1.29, 1.82) is 0 Å². The number of anilines is 1. The first-order valence-electron chi connectivity index (χ1n) is 6.13. The molecule has 0 aliphatic heterocycles. The molecule has 1 aliphatic carbocycles. The van der Waals surface area contributed by atoms with Gasteiger partial charge in [0.25, 0.3) is 0 Å². The molecule has 9 nitrogen and oxygen atoms in total. The number of nitrogens with zero attached hydrogens (tertiary/aromatic N) is 1. The molecule has 1 fully saturated rings. The van der Waals surface area contributed by atoms with Crippen molar-refractivity contribution < 1.29 is 18.1 Å². The Kier molecular flexibility index (Phi) is 4.09. The van der Waals surface area contributed by atoms with E-state index in [1.807, 2.05) is 4.72 Å². The summed E-state index contributed by atoms with van der Waals surface area (Å²) in [7, 11) is -4.20. The van der Waals surface area contributed by atoms with Gasteiger partial charge in [0.15, 0.2) is 4.90 Å². The zero-order chi connectivity index (χ0) is 15.6. The number of benzene rings is 1. The fourth-order valence-electron chi connectivity index (χ4n) is 1.70. The fraction of sp³-hybridized carbons (Fsp3) is 0.364. The third-order valence-corrected chi connectivity index (χ3v) is 4.30. The smallest absolute Gasteiger partial charge is 0.312 e. The van der Waals surface area contributed by atoms with Crippen LogP contribution in [-0.4, -0.2) is 31.8 Å². The fourth-order valence-corrected chi connectivity index (χ4v) is 2.88. The van der Waals surface area contributed by atoms with Crippen LogP contribution in [0.3, 0.4) is 0 Å². The van der Waals surface area contributed by atoms with E-state index < -0.39 is 38.0 Å². The van der Waals surface area contributed by atoms with Crippen molar-refractivity contribution in [3.63, 3.8) is 0 Å². The Hall–Kier alpha value is -2.20. The van der Waals surface area contributed by atoms with Gasteiger partial charge >= 0.3 is 5.69 Å². The van der Waals surface area contributed by atoms with Crippen LogP contribution >= 0.6 is 0 Å². The van der Waals surface area contributed by atoms with Crippen LogP contribution in [0.25, 0.3) is 0 Å². The van der Waals surface area contributed by atoms with Crippen LogP contribution in [0.15, 0.2) is 23.1 Å². The Morgan fingerprint density at radius 1 is 1.43 bits per heavy atom. The summed E-state index contributed by atoms with van der Waals surface area (Å²) in [6.07, 6.45) is 1.75. The van der Waals surface area contributed by atoms with Gasteiger partial charge in [-0.15, -0.1) is 0 Å². The summed E-state index contributed by atoms with van der Waals surface area (Å²) >= 11 is 0. The van der Waals surface area contributed by atoms with Gasteiger partial charge in [-0.25, -0.2) is 13.1 Å². The zero-order valence-corrected chi connectivity index (χ0v) is 11.7. The molecule has 1 aromatic rings. The molecule has 0 saturated heterocycles. The summed E-state index contributed by atoms with van der Waals surface area (Å²) in [5.41, 5.74) is 4.48. The van der Waals surface area contributed by atoms with Crippen molar-refractivity contribution in [2.75, 3.05) is 12.3 Å². The van der Waals surface area contributed by atoms with Gasteiger partial charge in [-0.2, -0.15) is 0 Å². The molecule has 1 amide bonds. The SMILES string of the molecule is Nc1cccc(S(=O)(=O)NCC(=O)NC2CC2)c1[N+](=O)[O-]. The van der Waals surface area contributed by atoms with Crippen molar-refractivity contribution in [2.24, 2.45) is 0 Å². The molecular formula is C11H14N4O5S. The van der Waals surface area contributed by atoms with E-state index in [1.165, 1.54) is 12.1 Å². The molecule has 1 saturated carbocycles. The molecule has 0 unspecified atom stereocenters. The van der Waals surface area contributed by atoms with Gasteiger partial charge in [-0.05, 0) is 25.0 Å². The van der Waals surface area contributed by atoms with Gasteiger partial charge in [-0.3, -0.25) is 14.9 Å². The largest absolute Gasteiger partial charge is 0.393 e. The van der Waals surface area contributed by atoms with Crippen LogP contribution in [-0.2, 0) is 14.8 Å². The Morgan fingerprint density at radius 3 is 2.67 bits per heavy atom. The molecule has 114 valence electrons. The maximum absolute atomic E-state index is 12.1. The summed E-state index contributed by atoms with van der Waals surface area (Å²) < 4.78 is 26.2. The predicted octanol–water partition coefficient (Wildman–Crippen LogP) is -0.266. The summed E-state index contributed by atoms with van der Waals surface area (Å²) in [5.74, 6) is -0.479. The molecule has 1 aliphatic rings. The molecule has 0 atom stereocenters. The number of nitro benzene ring substituents is 1. The van der Waals surface area contributed by atoms with Crippen LogP contribution in [0.5, 0.6) is 0 Å². The number of carbonyl (C=O) groups excluding carboxylic acids is 1. The summed E-state index contributed by atoms with van der Waals surface area (Å²) in [6.45, 7) is -0.481. The molecule has 4 N–H and O–H groups in total. The van der Waals surface area contributed by atoms with E-state index in [4.69, 9.17) is 5.73 Å². The highest BCUT2D eigenvalue weighted by atomic mass is 32.2. The standard InChI is InChI=1S/C11H14N4O5S/c12-8-2-1-3-9(11(8)15(17)18)21(19,20)13-6-10(16)14-7-4-5-7/h1-3,7,13H,4-6,12H2,(H,14,16). The Balaban J connectivity index is 2.17. The van der Waals surface area contributed by atoms with Gasteiger partial charge in [0.05, 0.1) is 11.5 Å². The summed E-state index contributed by atoms with van der Waals surface area (Å²) in [4.78, 5) is 21.0. The third kappa shape index (κ3) is 3.67. The van der Waals surface area contributed by atoms with Crippen LogP contribution in [0, 0.1) is 10.1 Å². The average molecular weight is 314 g/mol. The number of nitrogens with two attached hydrogens (primary N) is 1. The van der Waals surface area contributed by atoms with E-state index in [1.54, 1.807) is 0 Å². The van der Waals surface area contributed by atoms with E-state index in [9.17, 15) is 23.3 Å². The minimum Gasteiger partial charge on any atom is -0.393 e. The average Bonchev–Trinajstić information content (AvgIpc) is 3.19. The van der Waals surface area contributed by atoms with Crippen LogP contribution in [0.2, 0.25) is 0 Å². The number of nitrogen functional groups attached to an aromatic ring is 1. The molecule has 2 rings (SSSR count). The van der Waals surface area contributed by atoms with Gasteiger partial charge in [0.1, 0.15) is 5.69 Å². The Labute approximate surface area is 120 Å². The number of hydrogen-bond acceptors (Lipinski definition) is 6. The van der Waals surface area contributed by atoms with E-state index in [0.29, 0.717) is 0 Å². The molecule has 0 radical (unpaired) electrons. The highest BCUT2D eigenvalue weighted by Crippen LogP contribution is 2.29. The van der Waals surface area contributed by atoms with Gasteiger partial charge < -0.3 is 11.1 Å². The monoisotopic (exact) mass is 314 g/mol. The number of nitrogens with one attached hydrogen (secondary N) is 2. The van der Waals surface area contributed by atoms with E-state index in [0.717, 1.165) is 18.9 Å². The minimum atomic E-state index is -4.20. The van der Waals surface area contributed by atoms with Gasteiger partial charge in [0, 0.05) is 6.04 Å². The van der Waals surface area contributed by atoms with Crippen molar-refractivity contribution in [3.8, 4) is 0 Å². The molecule has 21 heavy (non-hydrogen) atoms. The molecule has 1 aromatic carbocycles. The Bertz CT molecular complexity index is 684. The lowest BCUT2D eigenvalue weighted by atomic mass is 10.3. The highest BCUT2D eigenvalue weighted by molar-refractivity contribution is 7.89. The van der Waals surface area contributed by atoms with Crippen LogP contribution in [0.1, 0.15) is 12.8 Å². The normalized spacial score (nSPS) is 14.7. The number of para-hydroxylation sites is 1. The lowest BCUT2D eigenvalue weighted by molar-refractivity contribution is -0.386. The minimum absolute atomic E-state index is 0.101. The van der Waals surface area contributed by atoms with Crippen LogP contribution in [0.4, 0.5) is 11.4 Å². The van der Waals surface area contributed by atoms with Gasteiger partial charge in [-0.1, -0.05) is 6.07 Å². The number of sulfonamides is 1. The molecule has 0 bridgehead atoms. The van der Waals surface area contributed by atoms with E-state index in [-0.39, 0.29) is 11.7 Å². The first kappa shape index (κ1) is 15.2. The molecule has 10 heteroatoms.